The highest BCUT2D eigenvalue weighted by molar-refractivity contribution is 9.10. The summed E-state index contributed by atoms with van der Waals surface area (Å²) < 4.78 is 27.7. The molecule has 1 N–H and O–H groups in total. The third-order valence-corrected chi connectivity index (χ3v) is 5.92. The van der Waals surface area contributed by atoms with Crippen LogP contribution in [0, 0.1) is 11.8 Å². The molecule has 0 bridgehead atoms. The first kappa shape index (κ1) is 15.2. The van der Waals surface area contributed by atoms with E-state index in [1.165, 1.54) is 25.1 Å². The molecule has 106 valence electrons. The van der Waals surface area contributed by atoms with E-state index in [0.717, 1.165) is 6.42 Å². The number of hydrogen-bond acceptors (Lipinski definition) is 3. The van der Waals surface area contributed by atoms with Crippen molar-refractivity contribution in [2.75, 3.05) is 6.54 Å². The van der Waals surface area contributed by atoms with E-state index in [9.17, 15) is 8.42 Å². The summed E-state index contributed by atoms with van der Waals surface area (Å²) in [5.41, 5.74) is 0. The fourth-order valence-corrected chi connectivity index (χ4v) is 4.45. The van der Waals surface area contributed by atoms with Gasteiger partial charge in [0.1, 0.15) is 10.0 Å². The van der Waals surface area contributed by atoms with Gasteiger partial charge in [-0.2, -0.15) is 0 Å². The number of rotatable bonds is 4. The molecule has 19 heavy (non-hydrogen) atoms. The summed E-state index contributed by atoms with van der Waals surface area (Å²) in [6, 6.07) is 1.47. The second-order valence-corrected chi connectivity index (χ2v) is 7.97. The Bertz CT molecular complexity index is 565. The van der Waals surface area contributed by atoms with Crippen molar-refractivity contribution in [1.29, 1.82) is 0 Å². The molecule has 2 unspecified atom stereocenters. The molecule has 0 aliphatic heterocycles. The van der Waals surface area contributed by atoms with Crippen LogP contribution in [-0.4, -0.2) is 19.9 Å². The average molecular weight is 368 g/mol. The lowest BCUT2D eigenvalue weighted by atomic mass is 9.99. The first-order chi connectivity index (χ1) is 8.90. The second kappa shape index (κ2) is 6.08. The number of aromatic nitrogens is 1. The maximum absolute atomic E-state index is 12.2. The summed E-state index contributed by atoms with van der Waals surface area (Å²) >= 11 is 9.06. The number of sulfonamides is 1. The van der Waals surface area contributed by atoms with E-state index < -0.39 is 10.0 Å². The Labute approximate surface area is 127 Å². The highest BCUT2D eigenvalue weighted by Gasteiger charge is 2.26. The molecule has 1 heterocycles. The van der Waals surface area contributed by atoms with Crippen LogP contribution in [0.3, 0.4) is 0 Å². The van der Waals surface area contributed by atoms with E-state index in [1.54, 1.807) is 0 Å². The monoisotopic (exact) mass is 366 g/mol. The molecule has 1 aromatic rings. The number of nitrogens with one attached hydrogen (secondary N) is 1. The van der Waals surface area contributed by atoms with Crippen molar-refractivity contribution < 1.29 is 8.42 Å². The quantitative estimate of drug-likeness (QED) is 0.831. The summed E-state index contributed by atoms with van der Waals surface area (Å²) in [7, 11) is -3.60. The smallest absolute Gasteiger partial charge is 0.242 e. The number of nitrogens with zero attached hydrogens (tertiary/aromatic N) is 1. The Balaban J connectivity index is 2.12. The van der Waals surface area contributed by atoms with Crippen LogP contribution in [-0.2, 0) is 10.0 Å². The van der Waals surface area contributed by atoms with Gasteiger partial charge < -0.3 is 0 Å². The zero-order valence-electron chi connectivity index (χ0n) is 10.6. The van der Waals surface area contributed by atoms with Crippen molar-refractivity contribution in [3.8, 4) is 0 Å². The molecule has 4 nitrogen and oxygen atoms in total. The van der Waals surface area contributed by atoms with Gasteiger partial charge in [-0.3, -0.25) is 0 Å². The van der Waals surface area contributed by atoms with Crippen LogP contribution in [0.5, 0.6) is 0 Å². The molecule has 2 atom stereocenters. The van der Waals surface area contributed by atoms with Crippen molar-refractivity contribution in [2.45, 2.75) is 31.1 Å². The van der Waals surface area contributed by atoms with Crippen molar-refractivity contribution >= 4 is 37.6 Å². The lowest BCUT2D eigenvalue weighted by Gasteiger charge is -2.16. The standard InChI is InChI=1S/C12H16BrClN2O2S/c1-8-3-2-4-9(8)6-16-19(17,18)11-5-10(13)7-15-12(11)14/h5,7-9,16H,2-4,6H2,1H3. The predicted octanol–water partition coefficient (Wildman–Crippen LogP) is 3.21. The number of pyridine rings is 1. The molecule has 0 saturated heterocycles. The van der Waals surface area contributed by atoms with E-state index in [2.05, 4.69) is 32.6 Å². The third-order valence-electron chi connectivity index (χ3n) is 3.64. The number of hydrogen-bond donors (Lipinski definition) is 1. The van der Waals surface area contributed by atoms with E-state index in [4.69, 9.17) is 11.6 Å². The number of halogens is 2. The summed E-state index contributed by atoms with van der Waals surface area (Å²) in [5, 5.41) is -0.00447. The Kier molecular flexibility index (Phi) is 4.87. The SMILES string of the molecule is CC1CCCC1CNS(=O)(=O)c1cc(Br)cnc1Cl. The molecule has 1 fully saturated rings. The van der Waals surface area contributed by atoms with Gasteiger partial charge in [0.05, 0.1) is 0 Å². The molecule has 7 heteroatoms. The topological polar surface area (TPSA) is 59.1 Å². The Morgan fingerprint density at radius 1 is 1.53 bits per heavy atom. The normalized spacial score (nSPS) is 23.7. The van der Waals surface area contributed by atoms with Gasteiger partial charge in [-0.15, -0.1) is 0 Å². The van der Waals surface area contributed by atoms with Crippen LogP contribution in [0.2, 0.25) is 5.15 Å². The zero-order chi connectivity index (χ0) is 14.0. The van der Waals surface area contributed by atoms with Crippen LogP contribution in [0.4, 0.5) is 0 Å². The second-order valence-electron chi connectivity index (χ2n) is 4.96. The lowest BCUT2D eigenvalue weighted by molar-refractivity contribution is 0.414. The van der Waals surface area contributed by atoms with Gasteiger partial charge in [-0.1, -0.05) is 31.4 Å². The molecule has 0 aromatic carbocycles. The largest absolute Gasteiger partial charge is 0.243 e. The molecule has 0 spiro atoms. The Hall–Kier alpha value is -0.170. The zero-order valence-corrected chi connectivity index (χ0v) is 13.7. The summed E-state index contributed by atoms with van der Waals surface area (Å²) in [6.45, 7) is 2.63. The maximum Gasteiger partial charge on any atom is 0.243 e. The molecule has 0 amide bonds. The maximum atomic E-state index is 12.2. The average Bonchev–Trinajstić information content (AvgIpc) is 2.75. The van der Waals surface area contributed by atoms with Gasteiger partial charge in [0.25, 0.3) is 0 Å². The van der Waals surface area contributed by atoms with E-state index >= 15 is 0 Å². The van der Waals surface area contributed by atoms with Crippen LogP contribution in [0.1, 0.15) is 26.2 Å². The highest BCUT2D eigenvalue weighted by atomic mass is 79.9. The van der Waals surface area contributed by atoms with Gasteiger partial charge >= 0.3 is 0 Å². The lowest BCUT2D eigenvalue weighted by Crippen LogP contribution is -2.30. The Morgan fingerprint density at radius 3 is 2.89 bits per heavy atom. The van der Waals surface area contributed by atoms with Crippen molar-refractivity contribution in [3.05, 3.63) is 21.9 Å². The summed E-state index contributed by atoms with van der Waals surface area (Å²) in [6.07, 6.45) is 4.90. The Morgan fingerprint density at radius 2 is 2.26 bits per heavy atom. The molecule has 0 radical (unpaired) electrons. The fourth-order valence-electron chi connectivity index (χ4n) is 2.41. The molecular weight excluding hydrogens is 352 g/mol. The fraction of sp³-hybridized carbons (Fsp3) is 0.583. The molecule has 1 aliphatic rings. The van der Waals surface area contributed by atoms with Crippen LogP contribution in [0.15, 0.2) is 21.6 Å². The highest BCUT2D eigenvalue weighted by Crippen LogP contribution is 2.31. The summed E-state index contributed by atoms with van der Waals surface area (Å²) in [5.74, 6) is 0.979. The van der Waals surface area contributed by atoms with Gasteiger partial charge in [0.2, 0.25) is 10.0 Å². The first-order valence-electron chi connectivity index (χ1n) is 6.21. The van der Waals surface area contributed by atoms with Gasteiger partial charge in [-0.05, 0) is 40.3 Å². The van der Waals surface area contributed by atoms with Crippen molar-refractivity contribution in [2.24, 2.45) is 11.8 Å². The van der Waals surface area contributed by atoms with E-state index in [1.807, 2.05) is 0 Å². The first-order valence-corrected chi connectivity index (χ1v) is 8.86. The molecule has 2 rings (SSSR count). The van der Waals surface area contributed by atoms with E-state index in [-0.39, 0.29) is 10.0 Å². The minimum absolute atomic E-state index is 0.00447. The summed E-state index contributed by atoms with van der Waals surface area (Å²) in [4.78, 5) is 3.86. The van der Waals surface area contributed by atoms with Gasteiger partial charge in [0.15, 0.2) is 0 Å². The third kappa shape index (κ3) is 3.68. The van der Waals surface area contributed by atoms with Crippen LogP contribution >= 0.6 is 27.5 Å². The van der Waals surface area contributed by atoms with Crippen LogP contribution < -0.4 is 4.72 Å². The van der Waals surface area contributed by atoms with Gasteiger partial charge in [0, 0.05) is 17.2 Å². The van der Waals surface area contributed by atoms with Crippen LogP contribution in [0.25, 0.3) is 0 Å². The predicted molar refractivity (Wildman–Crippen MR) is 78.6 cm³/mol. The molecule has 1 saturated carbocycles. The molecule has 1 aromatic heterocycles. The minimum Gasteiger partial charge on any atom is -0.242 e. The van der Waals surface area contributed by atoms with Gasteiger partial charge in [-0.25, -0.2) is 18.1 Å². The minimum atomic E-state index is -3.60. The van der Waals surface area contributed by atoms with Crippen molar-refractivity contribution in [3.63, 3.8) is 0 Å². The van der Waals surface area contributed by atoms with Crippen molar-refractivity contribution in [1.82, 2.24) is 9.71 Å². The molecule has 1 aliphatic carbocycles. The molecular formula is C12H16BrClN2O2S. The van der Waals surface area contributed by atoms with E-state index in [0.29, 0.717) is 22.9 Å².